The molecule has 3 aromatic carbocycles. The molecule has 0 aromatic heterocycles. The molecule has 0 saturated carbocycles. The van der Waals surface area contributed by atoms with Gasteiger partial charge in [0.25, 0.3) is 5.91 Å². The SMILES string of the molecule is O=C(CN(CCc1ccccc1)S(=O)(=O)c1ccc2c(c1)OCCO2)NN=Cc1ccc(Cl)cc1. The summed E-state index contributed by atoms with van der Waals surface area (Å²) in [6.07, 6.45) is 1.89. The number of benzene rings is 3. The Balaban J connectivity index is 1.50. The second kappa shape index (κ2) is 11.4. The molecule has 1 amide bonds. The van der Waals surface area contributed by atoms with Crippen molar-refractivity contribution in [1.29, 1.82) is 0 Å². The lowest BCUT2D eigenvalue weighted by molar-refractivity contribution is -0.121. The zero-order valence-corrected chi connectivity index (χ0v) is 20.3. The lowest BCUT2D eigenvalue weighted by Gasteiger charge is -2.23. The summed E-state index contributed by atoms with van der Waals surface area (Å²) < 4.78 is 39.2. The van der Waals surface area contributed by atoms with Gasteiger partial charge >= 0.3 is 0 Å². The molecule has 1 aliphatic heterocycles. The molecule has 0 aliphatic carbocycles. The first-order valence-corrected chi connectivity index (χ1v) is 12.7. The van der Waals surface area contributed by atoms with E-state index in [0.29, 0.717) is 36.2 Å². The topological polar surface area (TPSA) is 97.3 Å². The van der Waals surface area contributed by atoms with Gasteiger partial charge in [-0.2, -0.15) is 9.41 Å². The van der Waals surface area contributed by atoms with Gasteiger partial charge in [0.15, 0.2) is 11.5 Å². The molecule has 35 heavy (non-hydrogen) atoms. The lowest BCUT2D eigenvalue weighted by atomic mass is 10.1. The first-order chi connectivity index (χ1) is 16.9. The van der Waals surface area contributed by atoms with Gasteiger partial charge in [0.1, 0.15) is 13.2 Å². The van der Waals surface area contributed by atoms with Gasteiger partial charge in [-0.25, -0.2) is 13.8 Å². The third-order valence-corrected chi connectivity index (χ3v) is 7.33. The number of amides is 1. The first kappa shape index (κ1) is 24.7. The van der Waals surface area contributed by atoms with Crippen LogP contribution in [-0.2, 0) is 21.2 Å². The van der Waals surface area contributed by atoms with Crippen molar-refractivity contribution in [3.63, 3.8) is 0 Å². The minimum atomic E-state index is -4.01. The number of ether oxygens (including phenoxy) is 2. The summed E-state index contributed by atoms with van der Waals surface area (Å²) in [7, 11) is -4.01. The second-order valence-electron chi connectivity index (χ2n) is 7.72. The van der Waals surface area contributed by atoms with Gasteiger partial charge in [0.05, 0.1) is 17.7 Å². The van der Waals surface area contributed by atoms with Crippen LogP contribution in [0, 0.1) is 0 Å². The zero-order chi connectivity index (χ0) is 24.7. The fourth-order valence-electron chi connectivity index (χ4n) is 3.44. The Kier molecular flexibility index (Phi) is 8.02. The molecule has 0 spiro atoms. The molecule has 10 heteroatoms. The molecule has 8 nitrogen and oxygen atoms in total. The molecule has 0 saturated heterocycles. The van der Waals surface area contributed by atoms with E-state index in [9.17, 15) is 13.2 Å². The van der Waals surface area contributed by atoms with E-state index in [2.05, 4.69) is 10.5 Å². The molecule has 1 heterocycles. The number of carbonyl (C=O) groups is 1. The van der Waals surface area contributed by atoms with Crippen molar-refractivity contribution in [2.24, 2.45) is 5.10 Å². The highest BCUT2D eigenvalue weighted by Gasteiger charge is 2.28. The number of hydrogen-bond acceptors (Lipinski definition) is 6. The fourth-order valence-corrected chi connectivity index (χ4v) is 4.98. The molecule has 3 aromatic rings. The smallest absolute Gasteiger partial charge is 0.255 e. The highest BCUT2D eigenvalue weighted by atomic mass is 35.5. The molecule has 0 bridgehead atoms. The molecule has 182 valence electrons. The van der Waals surface area contributed by atoms with E-state index in [1.807, 2.05) is 30.3 Å². The summed E-state index contributed by atoms with van der Waals surface area (Å²) >= 11 is 5.87. The predicted molar refractivity (Wildman–Crippen MR) is 134 cm³/mol. The number of nitrogens with zero attached hydrogens (tertiary/aromatic N) is 2. The van der Waals surface area contributed by atoms with Crippen LogP contribution in [0.2, 0.25) is 5.02 Å². The molecule has 0 fully saturated rings. The summed E-state index contributed by atoms with van der Waals surface area (Å²) in [6.45, 7) is 0.442. The van der Waals surface area contributed by atoms with Crippen molar-refractivity contribution >= 4 is 33.7 Å². The van der Waals surface area contributed by atoms with Crippen molar-refractivity contribution < 1.29 is 22.7 Å². The van der Waals surface area contributed by atoms with E-state index in [1.165, 1.54) is 18.3 Å². The van der Waals surface area contributed by atoms with Crippen LogP contribution in [-0.4, -0.2) is 51.1 Å². The number of sulfonamides is 1. The summed E-state index contributed by atoms with van der Waals surface area (Å²) in [6, 6.07) is 20.8. The van der Waals surface area contributed by atoms with E-state index in [-0.39, 0.29) is 11.4 Å². The Hall–Kier alpha value is -3.40. The molecule has 4 rings (SSSR count). The zero-order valence-electron chi connectivity index (χ0n) is 18.8. The van der Waals surface area contributed by atoms with E-state index in [0.717, 1.165) is 15.4 Å². The Morgan fingerprint density at radius 3 is 2.46 bits per heavy atom. The van der Waals surface area contributed by atoms with Crippen LogP contribution in [0.5, 0.6) is 11.5 Å². The number of nitrogens with one attached hydrogen (secondary N) is 1. The first-order valence-electron chi connectivity index (χ1n) is 10.9. The van der Waals surface area contributed by atoms with E-state index in [1.54, 1.807) is 30.3 Å². The van der Waals surface area contributed by atoms with Gasteiger partial charge in [0.2, 0.25) is 10.0 Å². The molecule has 0 atom stereocenters. The fraction of sp³-hybridized carbons (Fsp3) is 0.200. The maximum absolute atomic E-state index is 13.5. The summed E-state index contributed by atoms with van der Waals surface area (Å²) in [5, 5.41) is 4.52. The second-order valence-corrected chi connectivity index (χ2v) is 10.1. The van der Waals surface area contributed by atoms with E-state index < -0.39 is 22.5 Å². The highest BCUT2D eigenvalue weighted by molar-refractivity contribution is 7.89. The van der Waals surface area contributed by atoms with Crippen LogP contribution in [0.15, 0.2) is 82.8 Å². The van der Waals surface area contributed by atoms with Gasteiger partial charge in [0, 0.05) is 17.6 Å². The molecule has 0 radical (unpaired) electrons. The number of hydrazone groups is 1. The third-order valence-electron chi connectivity index (χ3n) is 5.24. The van der Waals surface area contributed by atoms with Crippen LogP contribution in [0.1, 0.15) is 11.1 Å². The number of fused-ring (bicyclic) bond motifs is 1. The number of carbonyl (C=O) groups excluding carboxylic acids is 1. The average molecular weight is 514 g/mol. The summed E-state index contributed by atoms with van der Waals surface area (Å²) in [4.78, 5) is 12.6. The summed E-state index contributed by atoms with van der Waals surface area (Å²) in [5.74, 6) is 0.280. The third kappa shape index (κ3) is 6.60. The van der Waals surface area contributed by atoms with Crippen molar-refractivity contribution in [1.82, 2.24) is 9.73 Å². The number of rotatable bonds is 9. The van der Waals surface area contributed by atoms with Crippen LogP contribution >= 0.6 is 11.6 Å². The van der Waals surface area contributed by atoms with Gasteiger partial charge < -0.3 is 9.47 Å². The largest absolute Gasteiger partial charge is 0.486 e. The molecule has 1 N–H and O–H groups in total. The molecular weight excluding hydrogens is 490 g/mol. The molecular formula is C25H24ClN3O5S. The van der Waals surface area contributed by atoms with Gasteiger partial charge in [-0.3, -0.25) is 4.79 Å². The van der Waals surface area contributed by atoms with Crippen LogP contribution in [0.4, 0.5) is 0 Å². The van der Waals surface area contributed by atoms with Crippen LogP contribution in [0.25, 0.3) is 0 Å². The molecule has 1 aliphatic rings. The van der Waals surface area contributed by atoms with Crippen LogP contribution < -0.4 is 14.9 Å². The van der Waals surface area contributed by atoms with Gasteiger partial charge in [-0.05, 0) is 41.8 Å². The predicted octanol–water partition coefficient (Wildman–Crippen LogP) is 3.49. The number of hydrogen-bond donors (Lipinski definition) is 1. The Morgan fingerprint density at radius 1 is 1.00 bits per heavy atom. The van der Waals surface area contributed by atoms with Gasteiger partial charge in [-0.1, -0.05) is 54.1 Å². The Bertz CT molecular complexity index is 1300. The van der Waals surface area contributed by atoms with Crippen molar-refractivity contribution in [3.8, 4) is 11.5 Å². The number of halogens is 1. The lowest BCUT2D eigenvalue weighted by Crippen LogP contribution is -2.40. The Labute approximate surface area is 209 Å². The normalized spacial score (nSPS) is 13.2. The van der Waals surface area contributed by atoms with E-state index >= 15 is 0 Å². The van der Waals surface area contributed by atoms with E-state index in [4.69, 9.17) is 21.1 Å². The Morgan fingerprint density at radius 2 is 1.71 bits per heavy atom. The quantitative estimate of drug-likeness (QED) is 0.349. The van der Waals surface area contributed by atoms with Crippen molar-refractivity contribution in [3.05, 3.63) is 88.9 Å². The average Bonchev–Trinajstić information content (AvgIpc) is 2.88. The van der Waals surface area contributed by atoms with Gasteiger partial charge in [-0.15, -0.1) is 0 Å². The van der Waals surface area contributed by atoms with Crippen molar-refractivity contribution in [2.75, 3.05) is 26.3 Å². The minimum Gasteiger partial charge on any atom is -0.486 e. The van der Waals surface area contributed by atoms with Crippen LogP contribution in [0.3, 0.4) is 0 Å². The monoisotopic (exact) mass is 513 g/mol. The molecule has 0 unspecified atom stereocenters. The summed E-state index contributed by atoms with van der Waals surface area (Å²) in [5.41, 5.74) is 4.08. The highest BCUT2D eigenvalue weighted by Crippen LogP contribution is 2.33. The minimum absolute atomic E-state index is 0.0206. The van der Waals surface area contributed by atoms with Crippen molar-refractivity contribution in [2.45, 2.75) is 11.3 Å². The maximum atomic E-state index is 13.5. The standard InChI is InChI=1S/C25H24ClN3O5S/c26-21-8-6-20(7-9-21)17-27-28-25(30)18-29(13-12-19-4-2-1-3-5-19)35(31,32)22-10-11-23-24(16-22)34-15-14-33-23/h1-11,16-17H,12-15,18H2,(H,28,30). The maximum Gasteiger partial charge on any atom is 0.255 e.